The van der Waals surface area contributed by atoms with E-state index in [2.05, 4.69) is 0 Å². The lowest BCUT2D eigenvalue weighted by molar-refractivity contribution is -0.117. The summed E-state index contributed by atoms with van der Waals surface area (Å²) in [6.45, 7) is 0.780. The molecule has 0 radical (unpaired) electrons. The maximum absolute atomic E-state index is 13.4. The normalized spacial score (nSPS) is 21.9. The molecule has 2 saturated heterocycles. The van der Waals surface area contributed by atoms with Gasteiger partial charge in [0.15, 0.2) is 9.84 Å². The van der Waals surface area contributed by atoms with Crippen LogP contribution in [0.1, 0.15) is 24.1 Å². The Labute approximate surface area is 174 Å². The molecule has 10 heteroatoms. The van der Waals surface area contributed by atoms with Crippen LogP contribution < -0.4 is 4.90 Å². The van der Waals surface area contributed by atoms with Crippen molar-refractivity contribution in [3.05, 3.63) is 46.7 Å². The van der Waals surface area contributed by atoms with Crippen LogP contribution in [0.3, 0.4) is 0 Å². The fourth-order valence-electron chi connectivity index (χ4n) is 3.82. The number of nitrogens with zero attached hydrogens (tertiary/aromatic N) is 2. The lowest BCUT2D eigenvalue weighted by Gasteiger charge is -2.27. The van der Waals surface area contributed by atoms with Crippen LogP contribution in [-0.4, -0.2) is 51.1 Å². The fraction of sp³-hybridized carbons (Fsp3) is 0.421. The second-order valence-corrected chi connectivity index (χ2v) is 12.5. The standard InChI is InChI=1S/C19H22N2O5S3/c22-19-4-1-10-20(19)15-5-7-18(8-6-15)29(25,26)21(13-17-3-2-11-27-17)16-9-12-28(23,24)14-16/h2-3,5-8,11,16H,1,4,9-10,12-14H2. The van der Waals surface area contributed by atoms with Gasteiger partial charge in [0.2, 0.25) is 15.9 Å². The number of hydrogen-bond acceptors (Lipinski definition) is 6. The number of benzene rings is 1. The van der Waals surface area contributed by atoms with E-state index in [9.17, 15) is 21.6 Å². The number of sulfone groups is 1. The van der Waals surface area contributed by atoms with Crippen molar-refractivity contribution in [1.29, 1.82) is 0 Å². The van der Waals surface area contributed by atoms with E-state index in [0.29, 0.717) is 25.1 Å². The van der Waals surface area contributed by atoms with E-state index in [1.165, 1.54) is 27.8 Å². The molecule has 0 saturated carbocycles. The number of anilines is 1. The largest absolute Gasteiger partial charge is 0.312 e. The van der Waals surface area contributed by atoms with Crippen molar-refractivity contribution in [2.24, 2.45) is 0 Å². The van der Waals surface area contributed by atoms with Crippen molar-refractivity contribution in [3.8, 4) is 0 Å². The highest BCUT2D eigenvalue weighted by Crippen LogP contribution is 2.30. The summed E-state index contributed by atoms with van der Waals surface area (Å²) in [5.41, 5.74) is 0.680. The van der Waals surface area contributed by atoms with Crippen LogP contribution in [0, 0.1) is 0 Å². The number of thiophene rings is 1. The maximum Gasteiger partial charge on any atom is 0.243 e. The molecule has 3 heterocycles. The van der Waals surface area contributed by atoms with Crippen LogP contribution in [0.25, 0.3) is 0 Å². The minimum Gasteiger partial charge on any atom is -0.312 e. The smallest absolute Gasteiger partial charge is 0.243 e. The zero-order valence-corrected chi connectivity index (χ0v) is 18.2. The monoisotopic (exact) mass is 454 g/mol. The first-order chi connectivity index (χ1) is 13.8. The van der Waals surface area contributed by atoms with Gasteiger partial charge in [-0.2, -0.15) is 4.31 Å². The number of carbonyl (C=O) groups is 1. The predicted octanol–water partition coefficient (Wildman–Crippen LogP) is 2.25. The number of sulfonamides is 1. The summed E-state index contributed by atoms with van der Waals surface area (Å²) in [6, 6.07) is 9.40. The topological polar surface area (TPSA) is 91.8 Å². The highest BCUT2D eigenvalue weighted by Gasteiger charge is 2.39. The van der Waals surface area contributed by atoms with Crippen molar-refractivity contribution in [1.82, 2.24) is 4.31 Å². The van der Waals surface area contributed by atoms with E-state index < -0.39 is 25.9 Å². The highest BCUT2D eigenvalue weighted by atomic mass is 32.2. The molecule has 2 fully saturated rings. The summed E-state index contributed by atoms with van der Waals surface area (Å²) >= 11 is 1.44. The summed E-state index contributed by atoms with van der Waals surface area (Å²) in [7, 11) is -7.13. The summed E-state index contributed by atoms with van der Waals surface area (Å²) in [5, 5.41) is 1.87. The molecule has 29 heavy (non-hydrogen) atoms. The Morgan fingerprint density at radius 1 is 1.17 bits per heavy atom. The molecule has 0 bridgehead atoms. The van der Waals surface area contributed by atoms with Crippen molar-refractivity contribution in [3.63, 3.8) is 0 Å². The molecule has 0 spiro atoms. The Hall–Kier alpha value is -1.75. The molecule has 2 aromatic rings. The molecule has 1 unspecified atom stereocenters. The first-order valence-electron chi connectivity index (χ1n) is 9.41. The van der Waals surface area contributed by atoms with Gasteiger partial charge in [0.25, 0.3) is 0 Å². The van der Waals surface area contributed by atoms with Crippen molar-refractivity contribution >= 4 is 42.8 Å². The maximum atomic E-state index is 13.4. The van der Waals surface area contributed by atoms with Crippen LogP contribution in [-0.2, 0) is 31.2 Å². The van der Waals surface area contributed by atoms with Crippen LogP contribution >= 0.6 is 11.3 Å². The third-order valence-corrected chi connectivity index (χ3v) is 9.86. The fourth-order valence-corrected chi connectivity index (χ4v) is 8.07. The molecule has 7 nitrogen and oxygen atoms in total. The summed E-state index contributed by atoms with van der Waals surface area (Å²) in [5.74, 6) is -0.113. The molecule has 1 atom stereocenters. The van der Waals surface area contributed by atoms with Crippen LogP contribution in [0.4, 0.5) is 5.69 Å². The van der Waals surface area contributed by atoms with Crippen LogP contribution in [0.2, 0.25) is 0 Å². The molecule has 156 valence electrons. The van der Waals surface area contributed by atoms with Crippen molar-refractivity contribution in [2.75, 3.05) is 23.0 Å². The predicted molar refractivity (Wildman–Crippen MR) is 112 cm³/mol. The van der Waals surface area contributed by atoms with Crippen molar-refractivity contribution < 1.29 is 21.6 Å². The van der Waals surface area contributed by atoms with Crippen LogP contribution in [0.5, 0.6) is 0 Å². The van der Waals surface area contributed by atoms with Gasteiger partial charge in [-0.15, -0.1) is 11.3 Å². The Morgan fingerprint density at radius 2 is 1.93 bits per heavy atom. The van der Waals surface area contributed by atoms with Gasteiger partial charge >= 0.3 is 0 Å². The molecule has 1 aromatic heterocycles. The molecule has 0 N–H and O–H groups in total. The van der Waals surface area contributed by atoms with Gasteiger partial charge in [0, 0.05) is 36.1 Å². The van der Waals surface area contributed by atoms with Gasteiger partial charge in [-0.05, 0) is 48.6 Å². The minimum absolute atomic E-state index is 0.00410. The van der Waals surface area contributed by atoms with Gasteiger partial charge in [0.1, 0.15) is 0 Å². The zero-order valence-electron chi connectivity index (χ0n) is 15.7. The lowest BCUT2D eigenvalue weighted by atomic mass is 10.2. The third-order valence-electron chi connectivity index (χ3n) is 5.34. The van der Waals surface area contributed by atoms with Gasteiger partial charge in [-0.1, -0.05) is 6.07 Å². The van der Waals surface area contributed by atoms with Crippen molar-refractivity contribution in [2.45, 2.75) is 36.7 Å². The van der Waals surface area contributed by atoms with E-state index in [1.807, 2.05) is 17.5 Å². The SMILES string of the molecule is O=C1CCCN1c1ccc(S(=O)(=O)N(Cc2cccs2)C2CCS(=O)(=O)C2)cc1. The number of amides is 1. The van der Waals surface area contributed by atoms with E-state index in [0.717, 1.165) is 11.3 Å². The summed E-state index contributed by atoms with van der Waals surface area (Å²) in [4.78, 5) is 14.5. The molecule has 2 aliphatic rings. The number of carbonyl (C=O) groups excluding carboxylic acids is 1. The average molecular weight is 455 g/mol. The van der Waals surface area contributed by atoms with Gasteiger partial charge in [-0.3, -0.25) is 4.79 Å². The van der Waals surface area contributed by atoms with Gasteiger partial charge in [0.05, 0.1) is 16.4 Å². The first-order valence-corrected chi connectivity index (χ1v) is 13.6. The average Bonchev–Trinajstić information content (AvgIpc) is 3.41. The van der Waals surface area contributed by atoms with Gasteiger partial charge < -0.3 is 4.90 Å². The molecule has 0 aliphatic carbocycles. The summed E-state index contributed by atoms with van der Waals surface area (Å²) in [6.07, 6.45) is 1.60. The molecular weight excluding hydrogens is 432 g/mol. The highest BCUT2D eigenvalue weighted by molar-refractivity contribution is 7.92. The zero-order chi connectivity index (χ0) is 20.6. The van der Waals surface area contributed by atoms with E-state index in [4.69, 9.17) is 0 Å². The number of rotatable bonds is 6. The molecule has 1 amide bonds. The molecule has 1 aromatic carbocycles. The quantitative estimate of drug-likeness (QED) is 0.668. The molecule has 2 aliphatic heterocycles. The Kier molecular flexibility index (Phi) is 5.54. The van der Waals surface area contributed by atoms with E-state index in [-0.39, 0.29) is 28.9 Å². The lowest BCUT2D eigenvalue weighted by Crippen LogP contribution is -2.40. The third kappa shape index (κ3) is 4.25. The summed E-state index contributed by atoms with van der Waals surface area (Å²) < 4.78 is 52.1. The Balaban J connectivity index is 1.64. The Bertz CT molecular complexity index is 1090. The second-order valence-electron chi connectivity index (χ2n) is 7.33. The van der Waals surface area contributed by atoms with E-state index in [1.54, 1.807) is 17.0 Å². The van der Waals surface area contributed by atoms with Crippen LogP contribution in [0.15, 0.2) is 46.7 Å². The number of hydrogen-bond donors (Lipinski definition) is 0. The minimum atomic E-state index is -3.89. The first kappa shape index (κ1) is 20.5. The van der Waals surface area contributed by atoms with E-state index >= 15 is 0 Å². The Morgan fingerprint density at radius 3 is 2.48 bits per heavy atom. The van der Waals surface area contributed by atoms with Gasteiger partial charge in [-0.25, -0.2) is 16.8 Å². The molecular formula is C19H22N2O5S3. The second kappa shape index (κ2) is 7.82. The molecule has 4 rings (SSSR count).